The molecule has 1 aliphatic rings. The van der Waals surface area contributed by atoms with E-state index >= 15 is 0 Å². The molecule has 2 N–H and O–H groups in total. The summed E-state index contributed by atoms with van der Waals surface area (Å²) in [5.41, 5.74) is 6.88. The molecule has 0 radical (unpaired) electrons. The molecule has 1 heterocycles. The lowest BCUT2D eigenvalue weighted by Gasteiger charge is -2.32. The number of piperidine rings is 1. The maximum absolute atomic E-state index is 5.86. The van der Waals surface area contributed by atoms with Crippen LogP contribution in [0.15, 0.2) is 29.5 Å². The van der Waals surface area contributed by atoms with Crippen molar-refractivity contribution in [2.75, 3.05) is 13.1 Å². The fourth-order valence-corrected chi connectivity index (χ4v) is 1.60. The monoisotopic (exact) mass is 179 g/mol. The number of likely N-dealkylation sites (tertiary alicyclic amines) is 1. The van der Waals surface area contributed by atoms with Gasteiger partial charge in [0.25, 0.3) is 0 Å². The van der Waals surface area contributed by atoms with E-state index in [1.54, 1.807) is 12.3 Å². The zero-order chi connectivity index (χ0) is 9.68. The summed E-state index contributed by atoms with van der Waals surface area (Å²) in [5, 5.41) is 0. The number of allylic oxidation sites excluding steroid dienone is 1. The van der Waals surface area contributed by atoms with Crippen LogP contribution in [0.4, 0.5) is 0 Å². The lowest BCUT2D eigenvalue weighted by molar-refractivity contribution is 0.266. The molecule has 0 aromatic rings. The standard InChI is InChI=1S/C10H17N3/c1-3-10(7-12-2)13-6-4-5-9(11)8-13/h3,7,9H,1-2,4-6,8,11H2/b10-7+. The molecule has 0 aromatic heterocycles. The van der Waals surface area contributed by atoms with Gasteiger partial charge in [0.05, 0.1) is 5.70 Å². The van der Waals surface area contributed by atoms with Crippen LogP contribution in [0.25, 0.3) is 0 Å². The number of aliphatic imine (C=N–C) groups is 1. The molecule has 1 aliphatic heterocycles. The van der Waals surface area contributed by atoms with Crippen molar-refractivity contribution < 1.29 is 0 Å². The van der Waals surface area contributed by atoms with Gasteiger partial charge in [-0.2, -0.15) is 0 Å². The number of rotatable bonds is 3. The van der Waals surface area contributed by atoms with Gasteiger partial charge in [0.2, 0.25) is 0 Å². The molecular formula is C10H17N3. The Kier molecular flexibility index (Phi) is 3.71. The van der Waals surface area contributed by atoms with Crippen LogP contribution in [0.2, 0.25) is 0 Å². The highest BCUT2D eigenvalue weighted by Crippen LogP contribution is 2.14. The molecule has 3 nitrogen and oxygen atoms in total. The average Bonchev–Trinajstić information content (AvgIpc) is 2.14. The number of nitrogens with two attached hydrogens (primary N) is 1. The minimum absolute atomic E-state index is 0.280. The highest BCUT2D eigenvalue weighted by Gasteiger charge is 2.16. The second-order valence-corrected chi connectivity index (χ2v) is 3.29. The SMILES string of the molecule is C=C/C(=C\N=C)N1CCCC(N)C1. The van der Waals surface area contributed by atoms with Crippen molar-refractivity contribution in [1.82, 2.24) is 4.90 Å². The Morgan fingerprint density at radius 2 is 2.38 bits per heavy atom. The Morgan fingerprint density at radius 1 is 1.62 bits per heavy atom. The number of hydrogen-bond acceptors (Lipinski definition) is 3. The molecule has 1 saturated heterocycles. The molecule has 1 atom stereocenters. The van der Waals surface area contributed by atoms with Crippen LogP contribution in [-0.2, 0) is 0 Å². The molecular weight excluding hydrogens is 162 g/mol. The lowest BCUT2D eigenvalue weighted by atomic mass is 10.1. The Bertz CT molecular complexity index is 220. The minimum atomic E-state index is 0.280. The van der Waals surface area contributed by atoms with Crippen LogP contribution in [0.1, 0.15) is 12.8 Å². The van der Waals surface area contributed by atoms with Crippen molar-refractivity contribution in [1.29, 1.82) is 0 Å². The first-order valence-electron chi connectivity index (χ1n) is 4.57. The van der Waals surface area contributed by atoms with E-state index in [-0.39, 0.29) is 6.04 Å². The highest BCUT2D eigenvalue weighted by molar-refractivity contribution is 5.28. The van der Waals surface area contributed by atoms with Crippen LogP contribution >= 0.6 is 0 Å². The van der Waals surface area contributed by atoms with Gasteiger partial charge >= 0.3 is 0 Å². The maximum atomic E-state index is 5.86. The van der Waals surface area contributed by atoms with Crippen LogP contribution in [-0.4, -0.2) is 30.7 Å². The van der Waals surface area contributed by atoms with E-state index in [0.29, 0.717) is 0 Å². The fraction of sp³-hybridized carbons (Fsp3) is 0.500. The molecule has 0 saturated carbocycles. The van der Waals surface area contributed by atoms with Gasteiger partial charge in [0.15, 0.2) is 0 Å². The van der Waals surface area contributed by atoms with Gasteiger partial charge in [-0.25, -0.2) is 0 Å². The molecule has 3 heteroatoms. The summed E-state index contributed by atoms with van der Waals surface area (Å²) in [6.07, 6.45) is 5.78. The summed E-state index contributed by atoms with van der Waals surface area (Å²) >= 11 is 0. The van der Waals surface area contributed by atoms with Crippen molar-refractivity contribution in [2.24, 2.45) is 10.7 Å². The summed E-state index contributed by atoms with van der Waals surface area (Å²) in [4.78, 5) is 5.95. The van der Waals surface area contributed by atoms with Crippen LogP contribution in [0.3, 0.4) is 0 Å². The van der Waals surface area contributed by atoms with Crippen molar-refractivity contribution in [3.05, 3.63) is 24.6 Å². The summed E-state index contributed by atoms with van der Waals surface area (Å²) in [6.45, 7) is 9.11. The number of hydrogen-bond donors (Lipinski definition) is 1. The quantitative estimate of drug-likeness (QED) is 0.521. The molecule has 1 rings (SSSR count). The van der Waals surface area contributed by atoms with E-state index < -0.39 is 0 Å². The Balaban J connectivity index is 2.62. The summed E-state index contributed by atoms with van der Waals surface area (Å²) in [6, 6.07) is 0.280. The van der Waals surface area contributed by atoms with E-state index in [0.717, 1.165) is 31.6 Å². The fourth-order valence-electron chi connectivity index (χ4n) is 1.60. The first-order valence-corrected chi connectivity index (χ1v) is 4.57. The first-order chi connectivity index (χ1) is 6.27. The van der Waals surface area contributed by atoms with E-state index in [2.05, 4.69) is 23.2 Å². The molecule has 0 amide bonds. The molecule has 0 spiro atoms. The highest BCUT2D eigenvalue weighted by atomic mass is 15.2. The second kappa shape index (κ2) is 4.82. The van der Waals surface area contributed by atoms with Crippen molar-refractivity contribution in [2.45, 2.75) is 18.9 Å². The Labute approximate surface area is 79.6 Å². The first kappa shape index (κ1) is 9.99. The third-order valence-corrected chi connectivity index (χ3v) is 2.26. The molecule has 13 heavy (non-hydrogen) atoms. The lowest BCUT2D eigenvalue weighted by Crippen LogP contribution is -2.41. The van der Waals surface area contributed by atoms with E-state index in [1.807, 2.05) is 0 Å². The molecule has 0 aromatic carbocycles. The second-order valence-electron chi connectivity index (χ2n) is 3.29. The Morgan fingerprint density at radius 3 is 2.92 bits per heavy atom. The normalized spacial score (nSPS) is 24.2. The largest absolute Gasteiger partial charge is 0.369 e. The van der Waals surface area contributed by atoms with Crippen molar-refractivity contribution >= 4 is 6.72 Å². The zero-order valence-corrected chi connectivity index (χ0v) is 7.95. The van der Waals surface area contributed by atoms with Gasteiger partial charge in [0, 0.05) is 25.3 Å². The third kappa shape index (κ3) is 2.70. The van der Waals surface area contributed by atoms with Crippen LogP contribution < -0.4 is 5.73 Å². The van der Waals surface area contributed by atoms with Gasteiger partial charge in [0.1, 0.15) is 0 Å². The molecule has 0 aliphatic carbocycles. The van der Waals surface area contributed by atoms with Gasteiger partial charge in [-0.3, -0.25) is 4.99 Å². The molecule has 0 bridgehead atoms. The van der Waals surface area contributed by atoms with E-state index in [4.69, 9.17) is 5.73 Å². The minimum Gasteiger partial charge on any atom is -0.369 e. The topological polar surface area (TPSA) is 41.6 Å². The maximum Gasteiger partial charge on any atom is 0.0546 e. The summed E-state index contributed by atoms with van der Waals surface area (Å²) in [5.74, 6) is 0. The van der Waals surface area contributed by atoms with Gasteiger partial charge in [-0.1, -0.05) is 6.58 Å². The predicted octanol–water partition coefficient (Wildman–Crippen LogP) is 1.14. The molecule has 1 unspecified atom stereocenters. The van der Waals surface area contributed by atoms with Gasteiger partial charge in [-0.15, -0.1) is 0 Å². The van der Waals surface area contributed by atoms with Crippen LogP contribution in [0.5, 0.6) is 0 Å². The predicted molar refractivity (Wildman–Crippen MR) is 56.6 cm³/mol. The van der Waals surface area contributed by atoms with Crippen molar-refractivity contribution in [3.63, 3.8) is 0 Å². The zero-order valence-electron chi connectivity index (χ0n) is 7.95. The average molecular weight is 179 g/mol. The summed E-state index contributed by atoms with van der Waals surface area (Å²) in [7, 11) is 0. The molecule has 1 fully saturated rings. The van der Waals surface area contributed by atoms with E-state index in [1.165, 1.54) is 0 Å². The van der Waals surface area contributed by atoms with Crippen molar-refractivity contribution in [3.8, 4) is 0 Å². The third-order valence-electron chi connectivity index (χ3n) is 2.26. The smallest absolute Gasteiger partial charge is 0.0546 e. The van der Waals surface area contributed by atoms with E-state index in [9.17, 15) is 0 Å². The van der Waals surface area contributed by atoms with Gasteiger partial charge in [-0.05, 0) is 25.6 Å². The number of nitrogens with zero attached hydrogens (tertiary/aromatic N) is 2. The van der Waals surface area contributed by atoms with Gasteiger partial charge < -0.3 is 10.6 Å². The molecule has 72 valence electrons. The summed E-state index contributed by atoms with van der Waals surface area (Å²) < 4.78 is 0. The van der Waals surface area contributed by atoms with Crippen LogP contribution in [0, 0.1) is 0 Å². The Hall–Kier alpha value is -1.09.